The Kier molecular flexibility index (Phi) is 2.69. The Morgan fingerprint density at radius 3 is 1.65 bits per heavy atom. The third-order valence-electron chi connectivity index (χ3n) is 9.45. The zero-order valence-electron chi connectivity index (χ0n) is 54.9. The summed E-state index contributed by atoms with van der Waals surface area (Å²) >= 11 is 0. The van der Waals surface area contributed by atoms with Crippen molar-refractivity contribution >= 4 is 54.3 Å². The second-order valence-electron chi connectivity index (χ2n) is 12.6. The largest absolute Gasteiger partial charge is 0.456 e. The van der Waals surface area contributed by atoms with Crippen molar-refractivity contribution in [3.63, 3.8) is 0 Å². The first-order valence-corrected chi connectivity index (χ1v) is 15.9. The lowest BCUT2D eigenvalue weighted by molar-refractivity contribution is 0.660. The van der Waals surface area contributed by atoms with Gasteiger partial charge in [-0.25, -0.2) is 0 Å². The molecule has 244 valence electrons. The number of fused-ring (bicyclic) bond motifs is 9. The Morgan fingerprint density at radius 1 is 0.404 bits per heavy atom. The van der Waals surface area contributed by atoms with Gasteiger partial charge in [-0.3, -0.25) is 0 Å². The van der Waals surface area contributed by atoms with Gasteiger partial charge in [-0.2, -0.15) is 0 Å². The van der Waals surface area contributed by atoms with Crippen molar-refractivity contribution < 1.29 is 42.8 Å². The second-order valence-corrected chi connectivity index (χ2v) is 12.6. The van der Waals surface area contributed by atoms with E-state index in [4.69, 9.17) is 25.0 Å². The lowest BCUT2D eigenvalue weighted by Gasteiger charge is -2.22. The maximum atomic E-state index is 9.93. The van der Waals surface area contributed by atoms with E-state index in [1.54, 1.807) is 0 Å². The molecule has 1 heteroatoms. The summed E-state index contributed by atoms with van der Waals surface area (Å²) in [6.45, 7) is 3.05. The standard InChI is InChI=1S/C51H34O/c1-51(2)44-20-10-9-14-37(44)42-29-35(26-27-45(42)51)49-40-17-7-5-15-38(40)48(39-16-6-8-18-41(39)49)32-24-22-31(23-25-32)36-19-11-21-46-50(36)43-28-33-12-3-4-13-34(33)30-47(43)52-46/h3-30H,1-2H3/i3D,4D,5D,6D,7D,8D,9D,10D,11D,12D,13D,14D,15D,16D,17D,18D,19D,20D,21D,22D,23D,24D,25D,26D,27D,28D,29D,30D. The molecule has 0 spiro atoms. The zero-order chi connectivity index (χ0) is 58.9. The molecule has 9 aromatic carbocycles. The van der Waals surface area contributed by atoms with E-state index in [1.807, 2.05) is 0 Å². The van der Waals surface area contributed by atoms with Gasteiger partial charge < -0.3 is 4.42 Å². The summed E-state index contributed by atoms with van der Waals surface area (Å²) in [5, 5.41) is -4.72. The minimum atomic E-state index is -1.46. The molecule has 1 nitrogen and oxygen atoms in total. The van der Waals surface area contributed by atoms with Crippen molar-refractivity contribution in [1.82, 2.24) is 0 Å². The van der Waals surface area contributed by atoms with Gasteiger partial charge in [0.1, 0.15) is 11.2 Å². The first-order chi connectivity index (χ1) is 37.2. The fourth-order valence-corrected chi connectivity index (χ4v) is 7.07. The smallest absolute Gasteiger partial charge is 0.136 e. The SMILES string of the molecule is [2H]c1c([2H])c([2H])c2c(c1[2H])-c1c([2H])c(-c3c4c([2H])c([2H])c([2H])c([2H])c4c(-c4c([2H])c([2H])c(-c5c([2H])c([2H])c([2H])c6oc7c([2H])c8c([2H])c([2H])c([2H])c([2H])c8c([2H])c7c56)c([2H])c4[2H])c4c([2H])c([2H])c([2H])c([2H])c34)c([2H])c([2H])c1C2(C)C. The number of rotatable bonds is 3. The van der Waals surface area contributed by atoms with Crippen LogP contribution in [0.2, 0.25) is 0 Å². The molecular formula is C51H34O. The van der Waals surface area contributed by atoms with Crippen LogP contribution in [0, 0.1) is 0 Å². The van der Waals surface area contributed by atoms with Crippen LogP contribution in [0.15, 0.2) is 174 Å². The van der Waals surface area contributed by atoms with Gasteiger partial charge in [0.25, 0.3) is 0 Å². The van der Waals surface area contributed by atoms with E-state index in [2.05, 4.69) is 0 Å². The summed E-state index contributed by atoms with van der Waals surface area (Å²) in [6, 6.07) is -23.8. The summed E-state index contributed by atoms with van der Waals surface area (Å²) in [6.07, 6.45) is 0. The summed E-state index contributed by atoms with van der Waals surface area (Å²) in [5.74, 6) is 0. The fourth-order valence-electron chi connectivity index (χ4n) is 7.07. The van der Waals surface area contributed by atoms with Crippen molar-refractivity contribution in [2.75, 3.05) is 0 Å². The number of hydrogen-bond acceptors (Lipinski definition) is 1. The van der Waals surface area contributed by atoms with Gasteiger partial charge >= 0.3 is 0 Å². The molecule has 1 aromatic heterocycles. The molecule has 1 aliphatic rings. The summed E-state index contributed by atoms with van der Waals surface area (Å²) < 4.78 is 262. The van der Waals surface area contributed by atoms with Gasteiger partial charge in [0.05, 0.1) is 38.4 Å². The highest BCUT2D eigenvalue weighted by Crippen LogP contribution is 2.51. The van der Waals surface area contributed by atoms with Crippen LogP contribution < -0.4 is 0 Å². The average Bonchev–Trinajstić information content (AvgIpc) is 4.11. The Labute approximate surface area is 341 Å². The summed E-state index contributed by atoms with van der Waals surface area (Å²) in [4.78, 5) is 0. The summed E-state index contributed by atoms with van der Waals surface area (Å²) in [5.41, 5.74) is -7.63. The molecule has 0 N–H and O–H groups in total. The zero-order valence-corrected chi connectivity index (χ0v) is 26.9. The predicted molar refractivity (Wildman–Crippen MR) is 220 cm³/mol. The van der Waals surface area contributed by atoms with E-state index >= 15 is 0 Å². The topological polar surface area (TPSA) is 13.1 Å². The second kappa shape index (κ2) is 10.8. The normalized spacial score (nSPS) is 20.9. The summed E-state index contributed by atoms with van der Waals surface area (Å²) in [7, 11) is 0. The van der Waals surface area contributed by atoms with Crippen LogP contribution in [0.25, 0.3) is 98.8 Å². The Balaban J connectivity index is 1.34. The highest BCUT2D eigenvalue weighted by molar-refractivity contribution is 6.22. The van der Waals surface area contributed by atoms with Crippen molar-refractivity contribution in [2.45, 2.75) is 19.3 Å². The lowest BCUT2D eigenvalue weighted by atomic mass is 9.81. The van der Waals surface area contributed by atoms with E-state index in [0.717, 1.165) is 0 Å². The molecule has 0 bridgehead atoms. The quantitative estimate of drug-likeness (QED) is 0.168. The molecule has 0 aliphatic heterocycles. The molecule has 0 saturated carbocycles. The van der Waals surface area contributed by atoms with Crippen molar-refractivity contribution in [3.05, 3.63) is 180 Å². The van der Waals surface area contributed by atoms with E-state index < -0.39 is 262 Å². The third kappa shape index (κ3) is 4.11. The van der Waals surface area contributed by atoms with Crippen LogP contribution in [0.1, 0.15) is 63.4 Å². The molecule has 0 unspecified atom stereocenters. The van der Waals surface area contributed by atoms with Gasteiger partial charge in [0.15, 0.2) is 0 Å². The van der Waals surface area contributed by atoms with Gasteiger partial charge in [-0.15, -0.1) is 0 Å². The molecule has 52 heavy (non-hydrogen) atoms. The minimum absolute atomic E-state index is 0.0304. The van der Waals surface area contributed by atoms with Gasteiger partial charge in [0.2, 0.25) is 0 Å². The molecule has 0 atom stereocenters. The first kappa shape index (κ1) is 13.0. The van der Waals surface area contributed by atoms with Crippen molar-refractivity contribution in [2.24, 2.45) is 0 Å². The molecule has 10 aromatic rings. The predicted octanol–water partition coefficient (Wildman–Crippen LogP) is 14.4. The Morgan fingerprint density at radius 2 is 0.942 bits per heavy atom. The number of hydrogen-bond donors (Lipinski definition) is 0. The molecule has 0 fully saturated rings. The van der Waals surface area contributed by atoms with Crippen LogP contribution in [0.4, 0.5) is 0 Å². The van der Waals surface area contributed by atoms with Crippen LogP contribution in [-0.4, -0.2) is 0 Å². The van der Waals surface area contributed by atoms with Crippen LogP contribution >= 0.6 is 0 Å². The molecule has 0 saturated heterocycles. The molecule has 1 aliphatic carbocycles. The van der Waals surface area contributed by atoms with E-state index in [-0.39, 0.29) is 22.3 Å². The fraction of sp³-hybridized carbons (Fsp3) is 0.0588. The van der Waals surface area contributed by atoms with Crippen molar-refractivity contribution in [1.29, 1.82) is 0 Å². The Bertz CT molecular complexity index is 4600. The maximum Gasteiger partial charge on any atom is 0.136 e. The van der Waals surface area contributed by atoms with Gasteiger partial charge in [-0.05, 0) is 112 Å². The van der Waals surface area contributed by atoms with E-state index in [9.17, 15) is 17.8 Å². The molecule has 1 heterocycles. The lowest BCUT2D eigenvalue weighted by Crippen LogP contribution is -2.14. The highest BCUT2D eigenvalue weighted by atomic mass is 16.3. The van der Waals surface area contributed by atoms with Gasteiger partial charge in [-0.1, -0.05) is 159 Å². The Hall–Kier alpha value is -6.44. The van der Waals surface area contributed by atoms with Crippen LogP contribution in [0.5, 0.6) is 0 Å². The monoisotopic (exact) mass is 690 g/mol. The number of furan rings is 1. The van der Waals surface area contributed by atoms with Crippen molar-refractivity contribution in [3.8, 4) is 44.5 Å². The highest BCUT2D eigenvalue weighted by Gasteiger charge is 2.35. The minimum Gasteiger partial charge on any atom is -0.456 e. The average molecular weight is 691 g/mol. The molecule has 0 radical (unpaired) electrons. The maximum absolute atomic E-state index is 9.93. The first-order valence-electron chi connectivity index (χ1n) is 29.9. The van der Waals surface area contributed by atoms with Gasteiger partial charge in [0, 0.05) is 16.2 Å². The molecule has 0 amide bonds. The van der Waals surface area contributed by atoms with E-state index in [0.29, 0.717) is 0 Å². The molecular weight excluding hydrogens is 629 g/mol. The van der Waals surface area contributed by atoms with Crippen LogP contribution in [0.3, 0.4) is 0 Å². The van der Waals surface area contributed by atoms with Crippen LogP contribution in [-0.2, 0) is 5.41 Å². The molecule has 11 rings (SSSR count). The third-order valence-corrected chi connectivity index (χ3v) is 9.45. The number of benzene rings is 9. The van der Waals surface area contributed by atoms with E-state index in [1.165, 1.54) is 13.8 Å².